The SMILES string of the molecule is CCCNc1nccc(Nc2cc(Cl)c(C)cc2Br)n1. The minimum atomic E-state index is 0.617. The first-order valence-corrected chi connectivity index (χ1v) is 7.57. The van der Waals surface area contributed by atoms with Gasteiger partial charge in [0.05, 0.1) is 5.69 Å². The first kappa shape index (κ1) is 15.1. The number of halogens is 2. The average Bonchev–Trinajstić information content (AvgIpc) is 2.43. The standard InChI is InChI=1S/C14H16BrClN4/c1-3-5-17-14-18-6-4-13(20-14)19-12-8-11(16)9(2)7-10(12)15/h4,6-8H,3,5H2,1-2H3,(H2,17,18,19,20). The molecule has 0 aliphatic carbocycles. The lowest BCUT2D eigenvalue weighted by Crippen LogP contribution is -2.05. The van der Waals surface area contributed by atoms with Gasteiger partial charge in [-0.15, -0.1) is 0 Å². The summed E-state index contributed by atoms with van der Waals surface area (Å²) in [6.07, 6.45) is 2.75. The number of benzene rings is 1. The molecule has 2 rings (SSSR count). The van der Waals surface area contributed by atoms with Crippen LogP contribution >= 0.6 is 27.5 Å². The Morgan fingerprint density at radius 1 is 1.35 bits per heavy atom. The molecule has 0 atom stereocenters. The highest BCUT2D eigenvalue weighted by Gasteiger charge is 2.06. The van der Waals surface area contributed by atoms with Gasteiger partial charge in [0.2, 0.25) is 5.95 Å². The fourth-order valence-electron chi connectivity index (χ4n) is 1.63. The summed E-state index contributed by atoms with van der Waals surface area (Å²) in [5.41, 5.74) is 1.90. The van der Waals surface area contributed by atoms with E-state index in [1.54, 1.807) is 6.20 Å². The molecule has 6 heteroatoms. The van der Waals surface area contributed by atoms with Crippen LogP contribution in [-0.4, -0.2) is 16.5 Å². The minimum Gasteiger partial charge on any atom is -0.354 e. The van der Waals surface area contributed by atoms with Gasteiger partial charge in [-0.3, -0.25) is 0 Å². The lowest BCUT2D eigenvalue weighted by Gasteiger charge is -2.11. The molecule has 0 bridgehead atoms. The molecular formula is C14H16BrClN4. The van der Waals surface area contributed by atoms with Crippen LogP contribution in [0, 0.1) is 6.92 Å². The first-order chi connectivity index (χ1) is 9.60. The number of anilines is 3. The molecule has 0 aliphatic rings. The number of aromatic nitrogens is 2. The van der Waals surface area contributed by atoms with Crippen LogP contribution in [0.1, 0.15) is 18.9 Å². The van der Waals surface area contributed by atoms with Gasteiger partial charge in [0.15, 0.2) is 0 Å². The summed E-state index contributed by atoms with van der Waals surface area (Å²) in [6.45, 7) is 4.92. The normalized spacial score (nSPS) is 10.4. The first-order valence-electron chi connectivity index (χ1n) is 6.39. The maximum absolute atomic E-state index is 6.15. The van der Waals surface area contributed by atoms with E-state index in [9.17, 15) is 0 Å². The van der Waals surface area contributed by atoms with Gasteiger partial charge in [0.25, 0.3) is 0 Å². The molecule has 0 amide bonds. The summed E-state index contributed by atoms with van der Waals surface area (Å²) in [6, 6.07) is 5.67. The number of nitrogens with zero attached hydrogens (tertiary/aromatic N) is 2. The van der Waals surface area contributed by atoms with Gasteiger partial charge >= 0.3 is 0 Å². The summed E-state index contributed by atoms with van der Waals surface area (Å²) >= 11 is 9.66. The third-order valence-electron chi connectivity index (χ3n) is 2.70. The van der Waals surface area contributed by atoms with Gasteiger partial charge in [-0.2, -0.15) is 4.98 Å². The monoisotopic (exact) mass is 354 g/mol. The molecule has 1 aromatic carbocycles. The van der Waals surface area contributed by atoms with Crippen LogP contribution in [0.5, 0.6) is 0 Å². The van der Waals surface area contributed by atoms with E-state index in [1.165, 1.54) is 0 Å². The number of hydrogen-bond acceptors (Lipinski definition) is 4. The van der Waals surface area contributed by atoms with Crippen LogP contribution in [0.4, 0.5) is 17.5 Å². The largest absolute Gasteiger partial charge is 0.354 e. The zero-order valence-corrected chi connectivity index (χ0v) is 13.7. The Morgan fingerprint density at radius 2 is 2.15 bits per heavy atom. The Balaban J connectivity index is 2.19. The van der Waals surface area contributed by atoms with Crippen LogP contribution in [0.2, 0.25) is 5.02 Å². The molecule has 0 unspecified atom stereocenters. The van der Waals surface area contributed by atoms with Crippen molar-refractivity contribution in [2.45, 2.75) is 20.3 Å². The Morgan fingerprint density at radius 3 is 2.90 bits per heavy atom. The molecule has 0 radical (unpaired) electrons. The third-order valence-corrected chi connectivity index (χ3v) is 3.76. The summed E-state index contributed by atoms with van der Waals surface area (Å²) < 4.78 is 0.945. The van der Waals surface area contributed by atoms with Gasteiger partial charge in [0.1, 0.15) is 5.82 Å². The summed E-state index contributed by atoms with van der Waals surface area (Å²) in [7, 11) is 0. The van der Waals surface area contributed by atoms with E-state index in [0.29, 0.717) is 11.0 Å². The van der Waals surface area contributed by atoms with E-state index in [4.69, 9.17) is 11.6 Å². The van der Waals surface area contributed by atoms with Crippen molar-refractivity contribution in [3.63, 3.8) is 0 Å². The van der Waals surface area contributed by atoms with Crippen molar-refractivity contribution < 1.29 is 0 Å². The minimum absolute atomic E-state index is 0.617. The molecule has 106 valence electrons. The molecule has 0 saturated heterocycles. The highest BCUT2D eigenvalue weighted by Crippen LogP contribution is 2.30. The van der Waals surface area contributed by atoms with Crippen molar-refractivity contribution in [3.8, 4) is 0 Å². The number of nitrogens with one attached hydrogen (secondary N) is 2. The fraction of sp³-hybridized carbons (Fsp3) is 0.286. The smallest absolute Gasteiger partial charge is 0.224 e. The van der Waals surface area contributed by atoms with Gasteiger partial charge in [0, 0.05) is 22.2 Å². The second kappa shape index (κ2) is 6.90. The fourth-order valence-corrected chi connectivity index (χ4v) is 2.35. The topological polar surface area (TPSA) is 49.8 Å². The van der Waals surface area contributed by atoms with Gasteiger partial charge < -0.3 is 10.6 Å². The van der Waals surface area contributed by atoms with Crippen molar-refractivity contribution in [1.82, 2.24) is 9.97 Å². The number of aryl methyl sites for hydroxylation is 1. The van der Waals surface area contributed by atoms with E-state index < -0.39 is 0 Å². The highest BCUT2D eigenvalue weighted by atomic mass is 79.9. The molecule has 2 aromatic rings. The molecule has 0 spiro atoms. The second-order valence-electron chi connectivity index (χ2n) is 4.40. The second-order valence-corrected chi connectivity index (χ2v) is 5.66. The van der Waals surface area contributed by atoms with Crippen molar-refractivity contribution >= 4 is 45.0 Å². The summed E-state index contributed by atoms with van der Waals surface area (Å²) in [5.74, 6) is 1.34. The number of hydrogen-bond donors (Lipinski definition) is 2. The van der Waals surface area contributed by atoms with Crippen LogP contribution in [0.25, 0.3) is 0 Å². The molecule has 0 fully saturated rings. The van der Waals surface area contributed by atoms with Crippen molar-refractivity contribution in [2.75, 3.05) is 17.2 Å². The highest BCUT2D eigenvalue weighted by molar-refractivity contribution is 9.10. The van der Waals surface area contributed by atoms with Crippen LogP contribution < -0.4 is 10.6 Å². The molecule has 1 heterocycles. The van der Waals surface area contributed by atoms with Crippen molar-refractivity contribution in [2.24, 2.45) is 0 Å². The summed E-state index contributed by atoms with van der Waals surface area (Å²) in [5, 5.41) is 7.11. The molecule has 20 heavy (non-hydrogen) atoms. The Labute approximate surface area is 132 Å². The zero-order chi connectivity index (χ0) is 14.5. The molecule has 4 nitrogen and oxygen atoms in total. The Hall–Kier alpha value is -1.33. The summed E-state index contributed by atoms with van der Waals surface area (Å²) in [4.78, 5) is 8.57. The predicted octanol–water partition coefficient (Wildman–Crippen LogP) is 4.77. The molecule has 0 saturated carbocycles. The van der Waals surface area contributed by atoms with Gasteiger partial charge in [-0.1, -0.05) is 18.5 Å². The van der Waals surface area contributed by atoms with E-state index in [1.807, 2.05) is 25.1 Å². The van der Waals surface area contributed by atoms with E-state index >= 15 is 0 Å². The van der Waals surface area contributed by atoms with Crippen LogP contribution in [0.15, 0.2) is 28.9 Å². The lowest BCUT2D eigenvalue weighted by atomic mass is 10.2. The van der Waals surface area contributed by atoms with E-state index in [2.05, 4.69) is 43.5 Å². The van der Waals surface area contributed by atoms with E-state index in [0.717, 1.165) is 34.5 Å². The average molecular weight is 356 g/mol. The van der Waals surface area contributed by atoms with Crippen molar-refractivity contribution in [1.29, 1.82) is 0 Å². The van der Waals surface area contributed by atoms with Crippen LogP contribution in [0.3, 0.4) is 0 Å². The van der Waals surface area contributed by atoms with Crippen LogP contribution in [-0.2, 0) is 0 Å². The van der Waals surface area contributed by atoms with Gasteiger partial charge in [-0.05, 0) is 53.0 Å². The third kappa shape index (κ3) is 3.84. The molecule has 1 aromatic heterocycles. The zero-order valence-electron chi connectivity index (χ0n) is 11.4. The molecule has 0 aliphatic heterocycles. The lowest BCUT2D eigenvalue weighted by molar-refractivity contribution is 0.953. The quantitative estimate of drug-likeness (QED) is 0.811. The maximum Gasteiger partial charge on any atom is 0.224 e. The maximum atomic E-state index is 6.15. The number of rotatable bonds is 5. The van der Waals surface area contributed by atoms with E-state index in [-0.39, 0.29) is 0 Å². The van der Waals surface area contributed by atoms with Crippen molar-refractivity contribution in [3.05, 3.63) is 39.5 Å². The predicted molar refractivity (Wildman–Crippen MR) is 88.0 cm³/mol. The Kier molecular flexibility index (Phi) is 5.20. The molecular weight excluding hydrogens is 340 g/mol. The van der Waals surface area contributed by atoms with Gasteiger partial charge in [-0.25, -0.2) is 4.98 Å². The molecule has 2 N–H and O–H groups in total. The Bertz CT molecular complexity index is 604.